The SMILES string of the molecule is CC(=O)N(NCc1cccc(F)c1Cl)C(CCC(=O)NCC(C)(C)CO)COC(=O)Nc1cc2ccccc2cn1. The van der Waals surface area contributed by atoms with Crippen LogP contribution in [-0.2, 0) is 20.9 Å². The first kappa shape index (κ1) is 31.7. The average Bonchev–Trinajstić information content (AvgIpc) is 2.94. The number of hydrogen-bond acceptors (Lipinski definition) is 7. The number of anilines is 1. The molecule has 41 heavy (non-hydrogen) atoms. The van der Waals surface area contributed by atoms with Crippen LogP contribution in [0.2, 0.25) is 5.02 Å². The van der Waals surface area contributed by atoms with Crippen molar-refractivity contribution >= 4 is 46.1 Å². The van der Waals surface area contributed by atoms with Gasteiger partial charge in [-0.2, -0.15) is 0 Å². The van der Waals surface area contributed by atoms with E-state index >= 15 is 0 Å². The molecule has 0 fully saturated rings. The summed E-state index contributed by atoms with van der Waals surface area (Å²) < 4.78 is 19.4. The summed E-state index contributed by atoms with van der Waals surface area (Å²) >= 11 is 6.07. The van der Waals surface area contributed by atoms with Gasteiger partial charge in [-0.3, -0.25) is 19.9 Å². The van der Waals surface area contributed by atoms with Crippen molar-refractivity contribution in [3.63, 3.8) is 0 Å². The maximum atomic E-state index is 13.9. The molecule has 220 valence electrons. The molecule has 0 aliphatic rings. The number of nitrogens with one attached hydrogen (secondary N) is 3. The minimum Gasteiger partial charge on any atom is -0.447 e. The van der Waals surface area contributed by atoms with Gasteiger partial charge in [-0.05, 0) is 29.5 Å². The Kier molecular flexibility index (Phi) is 11.4. The minimum atomic E-state index is -0.788. The van der Waals surface area contributed by atoms with Crippen molar-refractivity contribution in [2.45, 2.75) is 46.2 Å². The summed E-state index contributed by atoms with van der Waals surface area (Å²) in [5.41, 5.74) is 2.85. The van der Waals surface area contributed by atoms with Crippen LogP contribution in [0.1, 0.15) is 39.2 Å². The van der Waals surface area contributed by atoms with Crippen LogP contribution in [0.15, 0.2) is 54.7 Å². The lowest BCUT2D eigenvalue weighted by molar-refractivity contribution is -0.137. The van der Waals surface area contributed by atoms with Gasteiger partial charge in [0.15, 0.2) is 0 Å². The van der Waals surface area contributed by atoms with E-state index in [1.807, 2.05) is 38.1 Å². The number of hydrogen-bond donors (Lipinski definition) is 4. The number of amides is 3. The minimum absolute atomic E-state index is 0.00949. The molecule has 12 heteroatoms. The average molecular weight is 588 g/mol. The monoisotopic (exact) mass is 587 g/mol. The van der Waals surface area contributed by atoms with Crippen LogP contribution < -0.4 is 16.1 Å². The molecule has 0 bridgehead atoms. The van der Waals surface area contributed by atoms with Crippen LogP contribution in [0.25, 0.3) is 10.8 Å². The highest BCUT2D eigenvalue weighted by Crippen LogP contribution is 2.20. The molecule has 0 saturated carbocycles. The number of aliphatic hydroxyl groups excluding tert-OH is 1. The molecule has 3 aromatic rings. The molecule has 0 saturated heterocycles. The topological polar surface area (TPSA) is 133 Å². The molecule has 1 heterocycles. The maximum absolute atomic E-state index is 13.9. The number of aromatic nitrogens is 1. The Labute approximate surface area is 243 Å². The highest BCUT2D eigenvalue weighted by Gasteiger charge is 2.25. The van der Waals surface area contributed by atoms with Crippen molar-refractivity contribution in [1.82, 2.24) is 20.7 Å². The van der Waals surface area contributed by atoms with E-state index in [4.69, 9.17) is 16.3 Å². The van der Waals surface area contributed by atoms with Gasteiger partial charge in [0.25, 0.3) is 0 Å². The molecular weight excluding hydrogens is 553 g/mol. The quantitative estimate of drug-likeness (QED) is 0.218. The molecule has 3 rings (SSSR count). The lowest BCUT2D eigenvalue weighted by atomic mass is 9.95. The number of hydrazine groups is 1. The lowest BCUT2D eigenvalue weighted by Crippen LogP contribution is -2.51. The van der Waals surface area contributed by atoms with Crippen LogP contribution in [0, 0.1) is 11.2 Å². The van der Waals surface area contributed by atoms with Crippen molar-refractivity contribution in [2.75, 3.05) is 25.1 Å². The van der Waals surface area contributed by atoms with Crippen LogP contribution in [0.3, 0.4) is 0 Å². The van der Waals surface area contributed by atoms with Crippen LogP contribution in [-0.4, -0.2) is 58.8 Å². The number of fused-ring (bicyclic) bond motifs is 1. The molecule has 1 atom stereocenters. The van der Waals surface area contributed by atoms with Gasteiger partial charge in [-0.15, -0.1) is 0 Å². The summed E-state index contributed by atoms with van der Waals surface area (Å²) in [4.78, 5) is 42.0. The Hall–Kier alpha value is -3.80. The molecule has 1 unspecified atom stereocenters. The molecule has 4 N–H and O–H groups in total. The van der Waals surface area contributed by atoms with Gasteiger partial charge >= 0.3 is 6.09 Å². The number of benzene rings is 2. The van der Waals surface area contributed by atoms with E-state index in [9.17, 15) is 23.9 Å². The first-order valence-corrected chi connectivity index (χ1v) is 13.5. The third-order valence-electron chi connectivity index (χ3n) is 6.34. The number of pyridine rings is 1. The van der Waals surface area contributed by atoms with E-state index in [1.54, 1.807) is 18.3 Å². The second-order valence-corrected chi connectivity index (χ2v) is 10.7. The number of ether oxygens (including phenoxy) is 1. The van der Waals surface area contributed by atoms with Crippen LogP contribution >= 0.6 is 11.6 Å². The van der Waals surface area contributed by atoms with E-state index in [1.165, 1.54) is 24.1 Å². The van der Waals surface area contributed by atoms with Gasteiger partial charge < -0.3 is 15.2 Å². The Bertz CT molecular complexity index is 1370. The number of rotatable bonds is 13. The van der Waals surface area contributed by atoms with E-state index in [0.29, 0.717) is 11.4 Å². The van der Waals surface area contributed by atoms with Gasteiger partial charge in [-0.25, -0.2) is 19.6 Å². The number of halogens is 2. The number of carbonyl (C=O) groups is 3. The van der Waals surface area contributed by atoms with Crippen molar-refractivity contribution in [2.24, 2.45) is 5.41 Å². The summed E-state index contributed by atoms with van der Waals surface area (Å²) in [6.07, 6.45) is 0.985. The Balaban J connectivity index is 1.69. The summed E-state index contributed by atoms with van der Waals surface area (Å²) in [5, 5.41) is 17.7. The number of nitrogens with zero attached hydrogens (tertiary/aromatic N) is 2. The van der Waals surface area contributed by atoms with E-state index in [-0.39, 0.29) is 50.1 Å². The van der Waals surface area contributed by atoms with Gasteiger partial charge in [0.2, 0.25) is 11.8 Å². The number of aliphatic hydroxyl groups is 1. The molecule has 0 aliphatic heterocycles. The van der Waals surface area contributed by atoms with Gasteiger partial charge in [0.05, 0.1) is 11.1 Å². The smallest absolute Gasteiger partial charge is 0.412 e. The fourth-order valence-electron chi connectivity index (χ4n) is 3.88. The third kappa shape index (κ3) is 9.66. The van der Waals surface area contributed by atoms with E-state index in [0.717, 1.165) is 10.8 Å². The second-order valence-electron chi connectivity index (χ2n) is 10.4. The predicted octanol–water partition coefficient (Wildman–Crippen LogP) is 4.41. The maximum Gasteiger partial charge on any atom is 0.412 e. The van der Waals surface area contributed by atoms with Crippen molar-refractivity contribution in [3.05, 3.63) is 71.1 Å². The zero-order valence-electron chi connectivity index (χ0n) is 23.2. The molecule has 3 amide bonds. The predicted molar refractivity (Wildman–Crippen MR) is 154 cm³/mol. The van der Waals surface area contributed by atoms with Crippen LogP contribution in [0.5, 0.6) is 0 Å². The van der Waals surface area contributed by atoms with E-state index < -0.39 is 29.3 Å². The summed E-state index contributed by atoms with van der Waals surface area (Å²) in [7, 11) is 0. The van der Waals surface area contributed by atoms with Crippen LogP contribution in [0.4, 0.5) is 15.0 Å². The zero-order valence-corrected chi connectivity index (χ0v) is 24.0. The van der Waals surface area contributed by atoms with Crippen molar-refractivity contribution in [1.29, 1.82) is 0 Å². The van der Waals surface area contributed by atoms with Crippen molar-refractivity contribution in [3.8, 4) is 0 Å². The Morgan fingerprint density at radius 2 is 1.88 bits per heavy atom. The summed E-state index contributed by atoms with van der Waals surface area (Å²) in [6.45, 7) is 4.86. The largest absolute Gasteiger partial charge is 0.447 e. The molecular formula is C29H35ClFN5O5. The third-order valence-corrected chi connectivity index (χ3v) is 6.76. The summed E-state index contributed by atoms with van der Waals surface area (Å²) in [5.74, 6) is -1.01. The number of carbonyl (C=O) groups excluding carboxylic acids is 3. The Morgan fingerprint density at radius 3 is 2.59 bits per heavy atom. The first-order chi connectivity index (χ1) is 19.5. The fraction of sp³-hybridized carbons (Fsp3) is 0.379. The normalized spacial score (nSPS) is 12.0. The van der Waals surface area contributed by atoms with Gasteiger partial charge in [-0.1, -0.05) is 61.8 Å². The standard InChI is InChI=1S/C29H35ClFN5O5/c1-19(38)36(34-15-22-9-6-10-24(31)27(22)30)23(11-12-26(39)33-17-29(2,3)18-37)16-41-28(40)35-25-13-20-7-4-5-8-21(20)14-32-25/h4-10,13-14,23,34,37H,11-12,15-18H2,1-3H3,(H,33,39)(H,32,35,40). The lowest BCUT2D eigenvalue weighted by Gasteiger charge is -2.31. The van der Waals surface area contributed by atoms with Crippen molar-refractivity contribution < 1.29 is 28.6 Å². The zero-order chi connectivity index (χ0) is 30.0. The molecule has 0 radical (unpaired) electrons. The Morgan fingerprint density at radius 1 is 1.15 bits per heavy atom. The molecule has 2 aromatic carbocycles. The highest BCUT2D eigenvalue weighted by atomic mass is 35.5. The molecule has 1 aromatic heterocycles. The van der Waals surface area contributed by atoms with Gasteiger partial charge in [0, 0.05) is 50.0 Å². The fourth-order valence-corrected chi connectivity index (χ4v) is 4.08. The molecule has 0 aliphatic carbocycles. The summed E-state index contributed by atoms with van der Waals surface area (Å²) in [6, 6.07) is 12.8. The first-order valence-electron chi connectivity index (χ1n) is 13.1. The highest BCUT2D eigenvalue weighted by molar-refractivity contribution is 6.31. The molecule has 0 spiro atoms. The van der Waals surface area contributed by atoms with Gasteiger partial charge in [0.1, 0.15) is 18.2 Å². The van der Waals surface area contributed by atoms with E-state index in [2.05, 4.69) is 21.0 Å². The second kappa shape index (κ2) is 14.7. The molecule has 10 nitrogen and oxygen atoms in total.